The number of nitrogens with one attached hydrogen (secondary N) is 1. The second kappa shape index (κ2) is 7.85. The molecule has 3 N–H and O–H groups in total. The molecule has 7 heteroatoms. The topological polar surface area (TPSA) is 102 Å². The smallest absolute Gasteiger partial charge is 0.312 e. The second-order valence-electron chi connectivity index (χ2n) is 5.69. The van der Waals surface area contributed by atoms with Gasteiger partial charge in [-0.15, -0.1) is 0 Å². The van der Waals surface area contributed by atoms with Crippen LogP contribution in [-0.4, -0.2) is 48.5 Å². The van der Waals surface area contributed by atoms with Crippen molar-refractivity contribution in [1.29, 1.82) is 0 Å². The van der Waals surface area contributed by atoms with Crippen LogP contribution in [0.25, 0.3) is 0 Å². The van der Waals surface area contributed by atoms with Crippen LogP contribution in [0.15, 0.2) is 0 Å². The number of carbonyl (C=O) groups excluding carboxylic acids is 3. The first kappa shape index (κ1) is 17.3. The van der Waals surface area contributed by atoms with Gasteiger partial charge in [0.2, 0.25) is 5.91 Å². The van der Waals surface area contributed by atoms with E-state index in [1.807, 2.05) is 13.8 Å². The number of nitrogens with two attached hydrogens (primary N) is 1. The molecule has 1 aliphatic rings. The molecule has 0 radical (unpaired) electrons. The lowest BCUT2D eigenvalue weighted by Gasteiger charge is -2.38. The highest BCUT2D eigenvalue weighted by Gasteiger charge is 2.34. The van der Waals surface area contributed by atoms with Gasteiger partial charge in [0.25, 0.3) is 0 Å². The average molecular weight is 299 g/mol. The lowest BCUT2D eigenvalue weighted by molar-refractivity contribution is -0.145. The van der Waals surface area contributed by atoms with E-state index in [-0.39, 0.29) is 30.3 Å². The third-order valence-electron chi connectivity index (χ3n) is 3.77. The molecule has 1 saturated heterocycles. The van der Waals surface area contributed by atoms with Crippen LogP contribution in [0.5, 0.6) is 0 Å². The van der Waals surface area contributed by atoms with Gasteiger partial charge < -0.3 is 20.7 Å². The lowest BCUT2D eigenvalue weighted by atomic mass is 9.95. The van der Waals surface area contributed by atoms with E-state index < -0.39 is 12.1 Å². The number of piperidine rings is 1. The number of ether oxygens (including phenoxy) is 1. The van der Waals surface area contributed by atoms with Crippen LogP contribution in [0.4, 0.5) is 4.79 Å². The fourth-order valence-corrected chi connectivity index (χ4v) is 2.62. The normalized spacial score (nSPS) is 20.0. The van der Waals surface area contributed by atoms with E-state index in [1.165, 1.54) is 7.11 Å². The van der Waals surface area contributed by atoms with Crippen LogP contribution < -0.4 is 11.1 Å². The number of carbonyl (C=O) groups is 3. The van der Waals surface area contributed by atoms with Crippen molar-refractivity contribution in [3.05, 3.63) is 0 Å². The molecule has 7 nitrogen and oxygen atoms in total. The molecule has 120 valence electrons. The summed E-state index contributed by atoms with van der Waals surface area (Å²) in [5.41, 5.74) is 5.14. The highest BCUT2D eigenvalue weighted by atomic mass is 16.5. The Morgan fingerprint density at radius 2 is 2.00 bits per heavy atom. The van der Waals surface area contributed by atoms with Crippen LogP contribution in [0.2, 0.25) is 0 Å². The van der Waals surface area contributed by atoms with Gasteiger partial charge >= 0.3 is 12.0 Å². The summed E-state index contributed by atoms with van der Waals surface area (Å²) >= 11 is 0. The summed E-state index contributed by atoms with van der Waals surface area (Å²) in [6.45, 7) is 4.28. The molecule has 0 saturated carbocycles. The summed E-state index contributed by atoms with van der Waals surface area (Å²) in [5.74, 6) is -0.591. The number of hydrogen-bond acceptors (Lipinski definition) is 4. The third-order valence-corrected chi connectivity index (χ3v) is 3.77. The number of hydrogen-bond donors (Lipinski definition) is 2. The first-order valence-electron chi connectivity index (χ1n) is 7.30. The highest BCUT2D eigenvalue weighted by molar-refractivity contribution is 5.87. The van der Waals surface area contributed by atoms with Gasteiger partial charge in [-0.2, -0.15) is 0 Å². The zero-order valence-corrected chi connectivity index (χ0v) is 12.9. The summed E-state index contributed by atoms with van der Waals surface area (Å²) in [6.07, 6.45) is 2.82. The summed E-state index contributed by atoms with van der Waals surface area (Å²) in [7, 11) is 1.34. The van der Waals surface area contributed by atoms with Gasteiger partial charge in [0, 0.05) is 12.6 Å². The number of nitrogens with zero attached hydrogens (tertiary/aromatic N) is 1. The van der Waals surface area contributed by atoms with Crippen LogP contribution >= 0.6 is 0 Å². The molecule has 1 heterocycles. The maximum atomic E-state index is 12.7. The van der Waals surface area contributed by atoms with Crippen molar-refractivity contribution in [3.8, 4) is 0 Å². The third kappa shape index (κ3) is 4.91. The van der Waals surface area contributed by atoms with Crippen molar-refractivity contribution in [3.63, 3.8) is 0 Å². The maximum Gasteiger partial charge on any atom is 0.312 e. The SMILES string of the molecule is COC(=O)CC1CCCCN1C(=O)C(NC(N)=O)C(C)C. The number of amides is 3. The maximum absolute atomic E-state index is 12.7. The molecule has 21 heavy (non-hydrogen) atoms. The Balaban J connectivity index is 2.83. The van der Waals surface area contributed by atoms with Crippen LogP contribution in [0.3, 0.4) is 0 Å². The number of primary amides is 1. The van der Waals surface area contributed by atoms with Crippen molar-refractivity contribution in [2.45, 2.75) is 51.6 Å². The molecule has 1 aliphatic heterocycles. The zero-order chi connectivity index (χ0) is 16.0. The Bertz CT molecular complexity index is 398. The molecule has 2 unspecified atom stereocenters. The van der Waals surface area contributed by atoms with E-state index in [9.17, 15) is 14.4 Å². The zero-order valence-electron chi connectivity index (χ0n) is 12.9. The first-order valence-corrected chi connectivity index (χ1v) is 7.30. The van der Waals surface area contributed by atoms with Crippen molar-refractivity contribution in [2.24, 2.45) is 11.7 Å². The van der Waals surface area contributed by atoms with Crippen molar-refractivity contribution in [1.82, 2.24) is 10.2 Å². The minimum absolute atomic E-state index is 0.0781. The van der Waals surface area contributed by atoms with Gasteiger partial charge in [0.1, 0.15) is 6.04 Å². The van der Waals surface area contributed by atoms with Gasteiger partial charge in [-0.3, -0.25) is 9.59 Å². The summed E-state index contributed by atoms with van der Waals surface area (Å²) in [4.78, 5) is 36.9. The number of esters is 1. The average Bonchev–Trinajstić information content (AvgIpc) is 2.44. The van der Waals surface area contributed by atoms with Gasteiger partial charge in [-0.1, -0.05) is 13.8 Å². The largest absolute Gasteiger partial charge is 0.469 e. The molecule has 0 aromatic heterocycles. The monoisotopic (exact) mass is 299 g/mol. The predicted octanol–water partition coefficient (Wildman–Crippen LogP) is 0.624. The molecule has 0 spiro atoms. The molecule has 0 aliphatic carbocycles. The Morgan fingerprint density at radius 1 is 1.33 bits per heavy atom. The van der Waals surface area contributed by atoms with Crippen LogP contribution in [0.1, 0.15) is 39.5 Å². The molecule has 1 rings (SSSR count). The van der Waals surface area contributed by atoms with Gasteiger partial charge in [0.15, 0.2) is 0 Å². The Labute approximate surface area is 125 Å². The Hall–Kier alpha value is -1.79. The van der Waals surface area contributed by atoms with E-state index in [0.717, 1.165) is 19.3 Å². The molecule has 0 aromatic rings. The van der Waals surface area contributed by atoms with Crippen molar-refractivity contribution >= 4 is 17.9 Å². The number of urea groups is 1. The van der Waals surface area contributed by atoms with Gasteiger partial charge in [-0.25, -0.2) is 4.79 Å². The van der Waals surface area contributed by atoms with E-state index in [1.54, 1.807) is 4.90 Å². The van der Waals surface area contributed by atoms with Gasteiger partial charge in [0.05, 0.1) is 13.5 Å². The van der Waals surface area contributed by atoms with Gasteiger partial charge in [-0.05, 0) is 25.2 Å². The van der Waals surface area contributed by atoms with Crippen LogP contribution in [0, 0.1) is 5.92 Å². The first-order chi connectivity index (χ1) is 9.86. The fourth-order valence-electron chi connectivity index (χ4n) is 2.62. The molecule has 1 fully saturated rings. The Morgan fingerprint density at radius 3 is 2.52 bits per heavy atom. The summed E-state index contributed by atoms with van der Waals surface area (Å²) in [6, 6.07) is -1.56. The minimum atomic E-state index is -0.719. The predicted molar refractivity (Wildman–Crippen MR) is 77.3 cm³/mol. The van der Waals surface area contributed by atoms with Crippen molar-refractivity contribution in [2.75, 3.05) is 13.7 Å². The van der Waals surface area contributed by atoms with Crippen molar-refractivity contribution < 1.29 is 19.1 Å². The standard InChI is InChI=1S/C14H25N3O4/c1-9(2)12(16-14(15)20)13(19)17-7-5-4-6-10(17)8-11(18)21-3/h9-10,12H,4-8H2,1-3H3,(H3,15,16,20). The number of rotatable bonds is 5. The van der Waals surface area contributed by atoms with E-state index in [4.69, 9.17) is 5.73 Å². The van der Waals surface area contributed by atoms with E-state index in [2.05, 4.69) is 10.1 Å². The quantitative estimate of drug-likeness (QED) is 0.727. The molecular weight excluding hydrogens is 274 g/mol. The van der Waals surface area contributed by atoms with Crippen LogP contribution in [-0.2, 0) is 14.3 Å². The molecule has 0 bridgehead atoms. The van der Waals surface area contributed by atoms with E-state index >= 15 is 0 Å². The summed E-state index contributed by atoms with van der Waals surface area (Å²) in [5, 5.41) is 2.50. The summed E-state index contributed by atoms with van der Waals surface area (Å²) < 4.78 is 4.69. The highest BCUT2D eigenvalue weighted by Crippen LogP contribution is 2.22. The minimum Gasteiger partial charge on any atom is -0.469 e. The Kier molecular flexibility index (Phi) is 6.45. The van der Waals surface area contributed by atoms with E-state index in [0.29, 0.717) is 6.54 Å². The molecule has 3 amide bonds. The number of methoxy groups -OCH3 is 1. The molecule has 2 atom stereocenters. The fraction of sp³-hybridized carbons (Fsp3) is 0.786. The lowest BCUT2D eigenvalue weighted by Crippen LogP contribution is -2.56. The second-order valence-corrected chi connectivity index (χ2v) is 5.69. The molecular formula is C14H25N3O4. The molecule has 0 aromatic carbocycles. The number of likely N-dealkylation sites (tertiary alicyclic amines) is 1.